The van der Waals surface area contributed by atoms with Crippen molar-refractivity contribution in [3.8, 4) is 0 Å². The summed E-state index contributed by atoms with van der Waals surface area (Å²) in [4.78, 5) is 12.0. The van der Waals surface area contributed by atoms with Gasteiger partial charge in [-0.1, -0.05) is 19.4 Å². The highest BCUT2D eigenvalue weighted by atomic mass is 16.2. The quantitative estimate of drug-likeness (QED) is 0.811. The Labute approximate surface area is 113 Å². The van der Waals surface area contributed by atoms with E-state index in [1.165, 1.54) is 0 Å². The fourth-order valence-electron chi connectivity index (χ4n) is 2.32. The first-order chi connectivity index (χ1) is 9.10. The van der Waals surface area contributed by atoms with Crippen LogP contribution in [0.2, 0.25) is 0 Å². The normalized spacial score (nSPS) is 12.5. The van der Waals surface area contributed by atoms with Gasteiger partial charge in [-0.15, -0.1) is 0 Å². The van der Waals surface area contributed by atoms with Crippen LogP contribution >= 0.6 is 0 Å². The molecule has 2 rings (SSSR count). The zero-order valence-corrected chi connectivity index (χ0v) is 11.5. The van der Waals surface area contributed by atoms with Crippen molar-refractivity contribution < 1.29 is 4.79 Å². The van der Waals surface area contributed by atoms with Gasteiger partial charge in [-0.25, -0.2) is 0 Å². The van der Waals surface area contributed by atoms with Crippen LogP contribution in [0.15, 0.2) is 30.5 Å². The summed E-state index contributed by atoms with van der Waals surface area (Å²) in [6, 6.07) is 7.97. The zero-order valence-electron chi connectivity index (χ0n) is 11.5. The number of rotatable bonds is 5. The predicted molar refractivity (Wildman–Crippen MR) is 78.9 cm³/mol. The van der Waals surface area contributed by atoms with Crippen LogP contribution in [0.4, 0.5) is 5.69 Å². The number of nitrogen functional groups attached to an aromatic ring is 1. The maximum absolute atomic E-state index is 12.0. The van der Waals surface area contributed by atoms with E-state index < -0.39 is 0 Å². The molecular formula is C15H21N3O. The molecule has 4 nitrogen and oxygen atoms in total. The van der Waals surface area contributed by atoms with E-state index in [1.807, 2.05) is 42.0 Å². The second kappa shape index (κ2) is 5.78. The van der Waals surface area contributed by atoms with Gasteiger partial charge in [0.15, 0.2) is 0 Å². The van der Waals surface area contributed by atoms with Crippen LogP contribution in [0.3, 0.4) is 0 Å². The number of carbonyl (C=O) groups is 1. The monoisotopic (exact) mass is 259 g/mol. The molecule has 0 aliphatic heterocycles. The molecule has 0 spiro atoms. The number of carbonyl (C=O) groups excluding carboxylic acids is 1. The van der Waals surface area contributed by atoms with Crippen LogP contribution < -0.4 is 11.1 Å². The average molecular weight is 259 g/mol. The fraction of sp³-hybridized carbons (Fsp3) is 0.400. The molecule has 3 N–H and O–H groups in total. The van der Waals surface area contributed by atoms with Crippen molar-refractivity contribution in [1.29, 1.82) is 0 Å². The number of hydrogen-bond acceptors (Lipinski definition) is 2. The van der Waals surface area contributed by atoms with E-state index in [-0.39, 0.29) is 11.9 Å². The molecule has 4 heteroatoms. The average Bonchev–Trinajstić information content (AvgIpc) is 2.72. The Hall–Kier alpha value is -1.97. The lowest BCUT2D eigenvalue weighted by Crippen LogP contribution is -2.34. The van der Waals surface area contributed by atoms with Gasteiger partial charge in [0.2, 0.25) is 5.91 Å². The molecule has 1 amide bonds. The van der Waals surface area contributed by atoms with Crippen molar-refractivity contribution in [2.75, 3.05) is 5.73 Å². The third-order valence-corrected chi connectivity index (χ3v) is 3.24. The predicted octanol–water partition coefficient (Wildman–Crippen LogP) is 2.53. The van der Waals surface area contributed by atoms with Gasteiger partial charge in [0.05, 0.1) is 5.52 Å². The summed E-state index contributed by atoms with van der Waals surface area (Å²) in [7, 11) is 0. The van der Waals surface area contributed by atoms with Crippen molar-refractivity contribution in [1.82, 2.24) is 9.88 Å². The van der Waals surface area contributed by atoms with Crippen LogP contribution in [-0.4, -0.2) is 16.5 Å². The Morgan fingerprint density at radius 3 is 2.95 bits per heavy atom. The molecule has 0 aliphatic rings. The molecular weight excluding hydrogens is 238 g/mol. The second-order valence-electron chi connectivity index (χ2n) is 5.02. The SMILES string of the molecule is CCCC(C)NC(=O)Cn1ccc2ccc(N)cc21. The molecule has 102 valence electrons. The maximum atomic E-state index is 12.0. The van der Waals surface area contributed by atoms with Gasteiger partial charge in [0.25, 0.3) is 0 Å². The van der Waals surface area contributed by atoms with E-state index in [2.05, 4.69) is 12.2 Å². The number of nitrogens with one attached hydrogen (secondary N) is 1. The summed E-state index contributed by atoms with van der Waals surface area (Å²) in [5.41, 5.74) is 7.50. The molecule has 1 heterocycles. The van der Waals surface area contributed by atoms with E-state index in [1.54, 1.807) is 0 Å². The number of anilines is 1. The van der Waals surface area contributed by atoms with Crippen molar-refractivity contribution >= 4 is 22.5 Å². The summed E-state index contributed by atoms with van der Waals surface area (Å²) in [6.45, 7) is 4.49. The Morgan fingerprint density at radius 1 is 1.42 bits per heavy atom. The minimum absolute atomic E-state index is 0.0425. The molecule has 0 bridgehead atoms. The van der Waals surface area contributed by atoms with Gasteiger partial charge in [-0.05, 0) is 36.9 Å². The lowest BCUT2D eigenvalue weighted by molar-refractivity contribution is -0.122. The summed E-state index contributed by atoms with van der Waals surface area (Å²) < 4.78 is 1.93. The highest BCUT2D eigenvalue weighted by Crippen LogP contribution is 2.18. The zero-order chi connectivity index (χ0) is 13.8. The van der Waals surface area contributed by atoms with E-state index in [9.17, 15) is 4.79 Å². The highest BCUT2D eigenvalue weighted by molar-refractivity contribution is 5.85. The molecule has 0 saturated carbocycles. The number of nitrogens with zero attached hydrogens (tertiary/aromatic N) is 1. The van der Waals surface area contributed by atoms with Gasteiger partial charge in [-0.2, -0.15) is 0 Å². The van der Waals surface area contributed by atoms with Crippen molar-refractivity contribution in [2.24, 2.45) is 0 Å². The Bertz CT molecular complexity index is 574. The smallest absolute Gasteiger partial charge is 0.240 e. The molecule has 1 atom stereocenters. The minimum atomic E-state index is 0.0425. The summed E-state index contributed by atoms with van der Waals surface area (Å²) in [5.74, 6) is 0.0425. The van der Waals surface area contributed by atoms with E-state index in [0.29, 0.717) is 12.2 Å². The lowest BCUT2D eigenvalue weighted by atomic mass is 10.2. The number of hydrogen-bond donors (Lipinski definition) is 2. The molecule has 1 aromatic carbocycles. The Kier molecular flexibility index (Phi) is 4.10. The van der Waals surface area contributed by atoms with Crippen LogP contribution in [0, 0.1) is 0 Å². The second-order valence-corrected chi connectivity index (χ2v) is 5.02. The van der Waals surface area contributed by atoms with E-state index in [4.69, 9.17) is 5.73 Å². The minimum Gasteiger partial charge on any atom is -0.399 e. The maximum Gasteiger partial charge on any atom is 0.240 e. The number of aromatic nitrogens is 1. The molecule has 1 unspecified atom stereocenters. The number of nitrogens with two attached hydrogens (primary N) is 1. The lowest BCUT2D eigenvalue weighted by Gasteiger charge is -2.13. The molecule has 0 saturated heterocycles. The fourth-order valence-corrected chi connectivity index (χ4v) is 2.32. The largest absolute Gasteiger partial charge is 0.399 e. The Morgan fingerprint density at radius 2 is 2.21 bits per heavy atom. The first kappa shape index (κ1) is 13.5. The molecule has 2 aromatic rings. The summed E-state index contributed by atoms with van der Waals surface area (Å²) in [5, 5.41) is 4.11. The Balaban J connectivity index is 2.08. The van der Waals surface area contributed by atoms with E-state index in [0.717, 1.165) is 23.7 Å². The third kappa shape index (κ3) is 3.28. The van der Waals surface area contributed by atoms with Gasteiger partial charge in [-0.3, -0.25) is 4.79 Å². The molecule has 1 aromatic heterocycles. The molecule has 19 heavy (non-hydrogen) atoms. The van der Waals surface area contributed by atoms with Gasteiger partial charge in [0.1, 0.15) is 6.54 Å². The molecule has 0 aliphatic carbocycles. The van der Waals surface area contributed by atoms with Crippen LogP contribution in [0.5, 0.6) is 0 Å². The van der Waals surface area contributed by atoms with Gasteiger partial charge >= 0.3 is 0 Å². The van der Waals surface area contributed by atoms with Crippen LogP contribution in [0.1, 0.15) is 26.7 Å². The highest BCUT2D eigenvalue weighted by Gasteiger charge is 2.09. The standard InChI is InChI=1S/C15H21N3O/c1-3-4-11(2)17-15(19)10-18-8-7-12-5-6-13(16)9-14(12)18/h5-9,11H,3-4,10,16H2,1-2H3,(H,17,19). The number of amides is 1. The van der Waals surface area contributed by atoms with E-state index >= 15 is 0 Å². The van der Waals surface area contributed by atoms with Gasteiger partial charge < -0.3 is 15.6 Å². The topological polar surface area (TPSA) is 60.0 Å². The summed E-state index contributed by atoms with van der Waals surface area (Å²) in [6.07, 6.45) is 4.00. The number of fused-ring (bicyclic) bond motifs is 1. The van der Waals surface area contributed by atoms with Crippen molar-refractivity contribution in [3.63, 3.8) is 0 Å². The first-order valence-corrected chi connectivity index (χ1v) is 6.74. The van der Waals surface area contributed by atoms with Gasteiger partial charge in [0, 0.05) is 17.9 Å². The van der Waals surface area contributed by atoms with Crippen molar-refractivity contribution in [3.05, 3.63) is 30.5 Å². The first-order valence-electron chi connectivity index (χ1n) is 6.74. The molecule has 0 radical (unpaired) electrons. The molecule has 0 fully saturated rings. The van der Waals surface area contributed by atoms with Crippen LogP contribution in [-0.2, 0) is 11.3 Å². The summed E-state index contributed by atoms with van der Waals surface area (Å²) >= 11 is 0. The van der Waals surface area contributed by atoms with Crippen molar-refractivity contribution in [2.45, 2.75) is 39.3 Å². The third-order valence-electron chi connectivity index (χ3n) is 3.24. The number of benzene rings is 1. The van der Waals surface area contributed by atoms with Crippen LogP contribution in [0.25, 0.3) is 10.9 Å².